The summed E-state index contributed by atoms with van der Waals surface area (Å²) < 4.78 is 0. The van der Waals surface area contributed by atoms with Crippen LogP contribution in [0.1, 0.15) is 19.3 Å². The molecule has 0 saturated carbocycles. The summed E-state index contributed by atoms with van der Waals surface area (Å²) in [6.45, 7) is 0.869. The van der Waals surface area contributed by atoms with Gasteiger partial charge in [-0.15, -0.1) is 0 Å². The molecule has 2 heterocycles. The average Bonchev–Trinajstić information content (AvgIpc) is 2.54. The summed E-state index contributed by atoms with van der Waals surface area (Å²) >= 11 is 0. The number of aldehydes is 1. The van der Waals surface area contributed by atoms with Gasteiger partial charge in [-0.1, -0.05) is 0 Å². The number of fused-ring (bicyclic) bond motifs is 1. The molecule has 11 heavy (non-hydrogen) atoms. The van der Waals surface area contributed by atoms with Crippen LogP contribution in [-0.2, 0) is 9.59 Å². The first kappa shape index (κ1) is 6.83. The lowest BCUT2D eigenvalue weighted by Gasteiger charge is -2.15. The maximum absolute atomic E-state index is 11.2. The summed E-state index contributed by atoms with van der Waals surface area (Å²) in [5.74, 6) is 0.162. The van der Waals surface area contributed by atoms with Crippen molar-refractivity contribution in [3.8, 4) is 0 Å². The van der Waals surface area contributed by atoms with Gasteiger partial charge in [-0.25, -0.2) is 0 Å². The van der Waals surface area contributed by atoms with Gasteiger partial charge in [0.2, 0.25) is 5.91 Å². The normalized spacial score (nSPS) is 36.0. The first-order valence-electron chi connectivity index (χ1n) is 4.07. The van der Waals surface area contributed by atoms with Crippen LogP contribution >= 0.6 is 0 Å². The molecule has 0 radical (unpaired) electrons. The van der Waals surface area contributed by atoms with E-state index in [0.29, 0.717) is 6.42 Å². The minimum absolute atomic E-state index is 0.00926. The van der Waals surface area contributed by atoms with Gasteiger partial charge in [0.1, 0.15) is 6.29 Å². The summed E-state index contributed by atoms with van der Waals surface area (Å²) in [5, 5.41) is 0. The third-order valence-corrected chi connectivity index (χ3v) is 2.70. The van der Waals surface area contributed by atoms with Crippen LogP contribution in [0.15, 0.2) is 0 Å². The lowest BCUT2D eigenvalue weighted by atomic mass is 10.0. The van der Waals surface area contributed by atoms with E-state index < -0.39 is 0 Å². The number of nitrogens with zero attached hydrogens (tertiary/aromatic N) is 1. The van der Waals surface area contributed by atoms with Crippen molar-refractivity contribution in [1.82, 2.24) is 4.90 Å². The quantitative estimate of drug-likeness (QED) is 0.504. The monoisotopic (exact) mass is 153 g/mol. The molecular weight excluding hydrogens is 142 g/mol. The maximum Gasteiger partial charge on any atom is 0.223 e. The number of hydrogen-bond donors (Lipinski definition) is 0. The lowest BCUT2D eigenvalue weighted by molar-refractivity contribution is -0.128. The zero-order valence-corrected chi connectivity index (χ0v) is 6.32. The third-order valence-electron chi connectivity index (χ3n) is 2.70. The van der Waals surface area contributed by atoms with Gasteiger partial charge in [0, 0.05) is 24.9 Å². The van der Waals surface area contributed by atoms with Gasteiger partial charge in [-0.2, -0.15) is 0 Å². The van der Waals surface area contributed by atoms with Crippen molar-refractivity contribution in [1.29, 1.82) is 0 Å². The van der Waals surface area contributed by atoms with Crippen molar-refractivity contribution in [2.45, 2.75) is 25.3 Å². The van der Waals surface area contributed by atoms with Gasteiger partial charge in [0.25, 0.3) is 0 Å². The van der Waals surface area contributed by atoms with Crippen LogP contribution in [0.2, 0.25) is 0 Å². The van der Waals surface area contributed by atoms with Crippen molar-refractivity contribution in [3.05, 3.63) is 0 Å². The summed E-state index contributed by atoms with van der Waals surface area (Å²) in [5.41, 5.74) is 0. The Kier molecular flexibility index (Phi) is 1.44. The van der Waals surface area contributed by atoms with E-state index in [4.69, 9.17) is 0 Å². The smallest absolute Gasteiger partial charge is 0.223 e. The van der Waals surface area contributed by atoms with Crippen LogP contribution in [0.5, 0.6) is 0 Å². The number of carbonyl (C=O) groups excluding carboxylic acids is 2. The molecular formula is C8H11NO2. The molecule has 2 aliphatic rings. The second kappa shape index (κ2) is 2.32. The van der Waals surface area contributed by atoms with Crippen molar-refractivity contribution < 1.29 is 9.59 Å². The SMILES string of the molecule is O=CC1CC(=O)N2CCCC12. The van der Waals surface area contributed by atoms with E-state index in [9.17, 15) is 9.59 Å². The Hall–Kier alpha value is -0.860. The van der Waals surface area contributed by atoms with Crippen LogP contribution in [0.25, 0.3) is 0 Å². The predicted molar refractivity (Wildman–Crippen MR) is 38.9 cm³/mol. The maximum atomic E-state index is 11.2. The minimum atomic E-state index is -0.00926. The van der Waals surface area contributed by atoms with Crippen molar-refractivity contribution in [2.75, 3.05) is 6.54 Å². The topological polar surface area (TPSA) is 37.4 Å². The Morgan fingerprint density at radius 3 is 3.09 bits per heavy atom. The Morgan fingerprint density at radius 2 is 2.36 bits per heavy atom. The van der Waals surface area contributed by atoms with Gasteiger partial charge in [-0.05, 0) is 12.8 Å². The first-order valence-corrected chi connectivity index (χ1v) is 4.07. The molecule has 0 spiro atoms. The van der Waals surface area contributed by atoms with E-state index in [1.807, 2.05) is 4.90 Å². The third kappa shape index (κ3) is 0.870. The van der Waals surface area contributed by atoms with Gasteiger partial charge in [-0.3, -0.25) is 4.79 Å². The fourth-order valence-electron chi connectivity index (χ4n) is 2.14. The van der Waals surface area contributed by atoms with Gasteiger partial charge < -0.3 is 9.69 Å². The molecule has 2 atom stereocenters. The molecule has 60 valence electrons. The minimum Gasteiger partial charge on any atom is -0.339 e. The van der Waals surface area contributed by atoms with Crippen LogP contribution in [0, 0.1) is 5.92 Å². The molecule has 0 aliphatic carbocycles. The Bertz CT molecular complexity index is 202. The number of carbonyl (C=O) groups is 2. The number of amides is 1. The Balaban J connectivity index is 2.19. The molecule has 0 N–H and O–H groups in total. The Labute approximate surface area is 65.4 Å². The van der Waals surface area contributed by atoms with Gasteiger partial charge >= 0.3 is 0 Å². The highest BCUT2D eigenvalue weighted by atomic mass is 16.2. The highest BCUT2D eigenvalue weighted by Gasteiger charge is 2.41. The summed E-state index contributed by atoms with van der Waals surface area (Å²) in [4.78, 5) is 23.6. The molecule has 0 aromatic heterocycles. The zero-order chi connectivity index (χ0) is 7.84. The van der Waals surface area contributed by atoms with E-state index in [1.54, 1.807) is 0 Å². The highest BCUT2D eigenvalue weighted by molar-refractivity contribution is 5.83. The second-order valence-electron chi connectivity index (χ2n) is 3.30. The highest BCUT2D eigenvalue weighted by Crippen LogP contribution is 2.32. The molecule has 3 heteroatoms. The molecule has 3 nitrogen and oxygen atoms in total. The van der Waals surface area contributed by atoms with Crippen LogP contribution < -0.4 is 0 Å². The van der Waals surface area contributed by atoms with E-state index in [0.717, 1.165) is 25.7 Å². The molecule has 2 unspecified atom stereocenters. The van der Waals surface area contributed by atoms with E-state index in [1.165, 1.54) is 0 Å². The summed E-state index contributed by atoms with van der Waals surface area (Å²) in [7, 11) is 0. The van der Waals surface area contributed by atoms with Crippen LogP contribution in [-0.4, -0.2) is 29.7 Å². The van der Waals surface area contributed by atoms with E-state index in [-0.39, 0.29) is 17.9 Å². The molecule has 0 aromatic rings. The fraction of sp³-hybridized carbons (Fsp3) is 0.750. The molecule has 2 rings (SSSR count). The predicted octanol–water partition coefficient (Wildman–Crippen LogP) is 0.196. The Morgan fingerprint density at radius 1 is 1.55 bits per heavy atom. The van der Waals surface area contributed by atoms with Crippen molar-refractivity contribution >= 4 is 12.2 Å². The van der Waals surface area contributed by atoms with E-state index in [2.05, 4.69) is 0 Å². The van der Waals surface area contributed by atoms with Gasteiger partial charge in [0.15, 0.2) is 0 Å². The average molecular weight is 153 g/mol. The summed E-state index contributed by atoms with van der Waals surface area (Å²) in [6, 6.07) is 0.250. The van der Waals surface area contributed by atoms with Crippen LogP contribution in [0.3, 0.4) is 0 Å². The fourth-order valence-corrected chi connectivity index (χ4v) is 2.14. The molecule has 2 saturated heterocycles. The molecule has 0 aromatic carbocycles. The first-order chi connectivity index (χ1) is 5.33. The summed E-state index contributed by atoms with van der Waals surface area (Å²) in [6.07, 6.45) is 3.48. The molecule has 1 amide bonds. The standard InChI is InChI=1S/C8H11NO2/c10-5-6-4-8(11)9-3-1-2-7(6)9/h5-7H,1-4H2. The number of hydrogen-bond acceptors (Lipinski definition) is 2. The zero-order valence-electron chi connectivity index (χ0n) is 6.32. The van der Waals surface area contributed by atoms with Crippen LogP contribution in [0.4, 0.5) is 0 Å². The largest absolute Gasteiger partial charge is 0.339 e. The lowest BCUT2D eigenvalue weighted by Crippen LogP contribution is -2.29. The molecule has 0 bridgehead atoms. The van der Waals surface area contributed by atoms with Crippen molar-refractivity contribution in [3.63, 3.8) is 0 Å². The van der Waals surface area contributed by atoms with Crippen molar-refractivity contribution in [2.24, 2.45) is 5.92 Å². The number of rotatable bonds is 1. The molecule has 2 fully saturated rings. The molecule has 2 aliphatic heterocycles. The van der Waals surface area contributed by atoms with E-state index >= 15 is 0 Å². The second-order valence-corrected chi connectivity index (χ2v) is 3.30. The van der Waals surface area contributed by atoms with Gasteiger partial charge in [0.05, 0.1) is 0 Å².